The van der Waals surface area contributed by atoms with Crippen LogP contribution in [0.1, 0.15) is 11.8 Å². The number of nitrogens with one attached hydrogen (secondary N) is 1. The summed E-state index contributed by atoms with van der Waals surface area (Å²) in [5, 5.41) is 4.71. The Morgan fingerprint density at radius 3 is 2.68 bits per heavy atom. The molecule has 1 N–H and O–H groups in total. The molecule has 1 aromatic carbocycles. The lowest BCUT2D eigenvalue weighted by Crippen LogP contribution is -2.30. The molecule has 4 nitrogen and oxygen atoms in total. The van der Waals surface area contributed by atoms with Gasteiger partial charge in [-0.2, -0.15) is 0 Å². The van der Waals surface area contributed by atoms with Crippen LogP contribution in [0.4, 0.5) is 5.69 Å². The van der Waals surface area contributed by atoms with Crippen LogP contribution in [0.15, 0.2) is 47.8 Å². The first-order valence-electron chi connectivity index (χ1n) is 6.80. The molecular weight excluding hydrogens is 318 g/mol. The van der Waals surface area contributed by atoms with Crippen molar-refractivity contribution in [1.29, 1.82) is 0 Å². The zero-order valence-corrected chi connectivity index (χ0v) is 13.8. The highest BCUT2D eigenvalue weighted by atomic mass is 32.2. The third-order valence-electron chi connectivity index (χ3n) is 2.76. The van der Waals surface area contributed by atoms with Gasteiger partial charge in [-0.05, 0) is 30.5 Å². The van der Waals surface area contributed by atoms with Crippen LogP contribution in [0.25, 0.3) is 0 Å². The second-order valence-electron chi connectivity index (χ2n) is 4.56. The van der Waals surface area contributed by atoms with Crippen LogP contribution in [-0.4, -0.2) is 23.7 Å². The predicted octanol–water partition coefficient (Wildman–Crippen LogP) is 3.55. The molecular formula is C16H17NO3S2. The standard InChI is InChI=1S/C16H17NO3S2/c1-12(16(19)17-13-6-3-2-4-7-13)20-15(18)11-21-10-14-8-5-9-22-14/h2-9,12H,10-11H2,1H3,(H,17,19)/t12-/m1/s1. The molecule has 1 atom stereocenters. The first-order valence-corrected chi connectivity index (χ1v) is 8.84. The number of benzene rings is 1. The van der Waals surface area contributed by atoms with E-state index in [2.05, 4.69) is 5.32 Å². The third-order valence-corrected chi connectivity index (χ3v) is 4.78. The summed E-state index contributed by atoms with van der Waals surface area (Å²) in [4.78, 5) is 24.8. The van der Waals surface area contributed by atoms with Crippen molar-refractivity contribution in [1.82, 2.24) is 0 Å². The molecule has 0 aliphatic rings. The molecule has 0 bridgehead atoms. The molecule has 2 rings (SSSR count). The first-order chi connectivity index (χ1) is 10.6. The number of thioether (sulfide) groups is 1. The average molecular weight is 335 g/mol. The Morgan fingerprint density at radius 1 is 1.23 bits per heavy atom. The number of amides is 1. The first kappa shape index (κ1) is 16.6. The van der Waals surface area contributed by atoms with Crippen LogP contribution in [0, 0.1) is 0 Å². The Hall–Kier alpha value is -1.79. The van der Waals surface area contributed by atoms with E-state index in [0.717, 1.165) is 5.75 Å². The highest BCUT2D eigenvalue weighted by molar-refractivity contribution is 7.99. The van der Waals surface area contributed by atoms with Crippen LogP contribution >= 0.6 is 23.1 Å². The molecule has 2 aromatic rings. The number of anilines is 1. The Kier molecular flexibility index (Phi) is 6.48. The number of para-hydroxylation sites is 1. The SMILES string of the molecule is C[C@@H](OC(=O)CSCc1cccs1)C(=O)Nc1ccccc1. The molecule has 0 spiro atoms. The van der Waals surface area contributed by atoms with Gasteiger partial charge < -0.3 is 10.1 Å². The van der Waals surface area contributed by atoms with E-state index in [0.29, 0.717) is 5.69 Å². The minimum atomic E-state index is -0.810. The number of hydrogen-bond donors (Lipinski definition) is 1. The number of esters is 1. The Morgan fingerprint density at radius 2 is 2.00 bits per heavy atom. The molecule has 1 heterocycles. The van der Waals surface area contributed by atoms with Crippen LogP contribution in [0.3, 0.4) is 0 Å². The molecule has 0 unspecified atom stereocenters. The van der Waals surface area contributed by atoms with Crippen molar-refractivity contribution >= 4 is 40.7 Å². The topological polar surface area (TPSA) is 55.4 Å². The summed E-state index contributed by atoms with van der Waals surface area (Å²) < 4.78 is 5.14. The molecule has 0 aliphatic carbocycles. The molecule has 1 amide bonds. The van der Waals surface area contributed by atoms with E-state index in [1.165, 1.54) is 16.6 Å². The molecule has 0 fully saturated rings. The zero-order valence-electron chi connectivity index (χ0n) is 12.2. The van der Waals surface area contributed by atoms with E-state index in [-0.39, 0.29) is 17.6 Å². The summed E-state index contributed by atoms with van der Waals surface area (Å²) in [7, 11) is 0. The normalized spacial score (nSPS) is 11.7. The monoisotopic (exact) mass is 335 g/mol. The fourth-order valence-corrected chi connectivity index (χ4v) is 3.33. The van der Waals surface area contributed by atoms with Crippen LogP contribution < -0.4 is 5.32 Å². The minimum absolute atomic E-state index is 0.237. The third kappa shape index (κ3) is 5.54. The fourth-order valence-electron chi connectivity index (χ4n) is 1.68. The summed E-state index contributed by atoms with van der Waals surface area (Å²) >= 11 is 3.14. The largest absolute Gasteiger partial charge is 0.452 e. The molecule has 0 aliphatic heterocycles. The minimum Gasteiger partial charge on any atom is -0.452 e. The van der Waals surface area contributed by atoms with Gasteiger partial charge in [-0.1, -0.05) is 24.3 Å². The maximum absolute atomic E-state index is 11.9. The zero-order chi connectivity index (χ0) is 15.8. The van der Waals surface area contributed by atoms with Gasteiger partial charge in [-0.3, -0.25) is 9.59 Å². The fraction of sp³-hybridized carbons (Fsp3) is 0.250. The van der Waals surface area contributed by atoms with Gasteiger partial charge in [0, 0.05) is 16.3 Å². The second kappa shape index (κ2) is 8.60. The van der Waals surface area contributed by atoms with Gasteiger partial charge >= 0.3 is 5.97 Å². The van der Waals surface area contributed by atoms with Crippen molar-refractivity contribution < 1.29 is 14.3 Å². The molecule has 22 heavy (non-hydrogen) atoms. The van der Waals surface area contributed by atoms with E-state index < -0.39 is 6.10 Å². The van der Waals surface area contributed by atoms with Crippen LogP contribution in [-0.2, 0) is 20.1 Å². The van der Waals surface area contributed by atoms with Crippen molar-refractivity contribution in [3.8, 4) is 0 Å². The van der Waals surface area contributed by atoms with Gasteiger partial charge in [0.1, 0.15) is 0 Å². The summed E-state index contributed by atoms with van der Waals surface area (Å²) in [5.41, 5.74) is 0.683. The summed E-state index contributed by atoms with van der Waals surface area (Å²) in [5.74, 6) is 0.304. The average Bonchev–Trinajstić information content (AvgIpc) is 3.01. The van der Waals surface area contributed by atoms with Crippen molar-refractivity contribution in [3.05, 3.63) is 52.7 Å². The quantitative estimate of drug-likeness (QED) is 0.786. The number of carbonyl (C=O) groups is 2. The number of ether oxygens (including phenoxy) is 1. The van der Waals surface area contributed by atoms with Crippen molar-refractivity contribution in [2.75, 3.05) is 11.1 Å². The van der Waals surface area contributed by atoms with Gasteiger partial charge in [-0.25, -0.2) is 0 Å². The lowest BCUT2D eigenvalue weighted by Gasteiger charge is -2.13. The van der Waals surface area contributed by atoms with Crippen LogP contribution in [0.5, 0.6) is 0 Å². The molecule has 0 saturated heterocycles. The Labute approximate surface area is 137 Å². The molecule has 0 saturated carbocycles. The smallest absolute Gasteiger partial charge is 0.316 e. The second-order valence-corrected chi connectivity index (χ2v) is 6.58. The van der Waals surface area contributed by atoms with E-state index in [1.54, 1.807) is 30.4 Å². The Bertz CT molecular complexity index is 599. The molecule has 1 aromatic heterocycles. The number of thiophene rings is 1. The van der Waals surface area contributed by atoms with E-state index in [1.807, 2.05) is 35.7 Å². The van der Waals surface area contributed by atoms with Crippen LogP contribution in [0.2, 0.25) is 0 Å². The summed E-state index contributed by atoms with van der Waals surface area (Å²) in [6, 6.07) is 13.1. The number of carbonyl (C=O) groups excluding carboxylic acids is 2. The highest BCUT2D eigenvalue weighted by Gasteiger charge is 2.17. The van der Waals surface area contributed by atoms with Crippen molar-refractivity contribution in [3.63, 3.8) is 0 Å². The predicted molar refractivity (Wildman–Crippen MR) is 91.1 cm³/mol. The maximum Gasteiger partial charge on any atom is 0.316 e. The van der Waals surface area contributed by atoms with Gasteiger partial charge in [-0.15, -0.1) is 23.1 Å². The Balaban J connectivity index is 1.70. The van der Waals surface area contributed by atoms with Crippen molar-refractivity contribution in [2.45, 2.75) is 18.8 Å². The molecule has 0 radical (unpaired) electrons. The van der Waals surface area contributed by atoms with E-state index in [4.69, 9.17) is 4.74 Å². The number of rotatable bonds is 7. The van der Waals surface area contributed by atoms with E-state index >= 15 is 0 Å². The molecule has 116 valence electrons. The van der Waals surface area contributed by atoms with E-state index in [9.17, 15) is 9.59 Å². The van der Waals surface area contributed by atoms with Gasteiger partial charge in [0.25, 0.3) is 5.91 Å². The summed E-state index contributed by atoms with van der Waals surface area (Å²) in [6.45, 7) is 1.57. The highest BCUT2D eigenvalue weighted by Crippen LogP contribution is 2.17. The molecule has 6 heteroatoms. The summed E-state index contributed by atoms with van der Waals surface area (Å²) in [6.07, 6.45) is -0.810. The lowest BCUT2D eigenvalue weighted by molar-refractivity contribution is -0.150. The van der Waals surface area contributed by atoms with Gasteiger partial charge in [0.2, 0.25) is 0 Å². The van der Waals surface area contributed by atoms with Gasteiger partial charge in [0.15, 0.2) is 6.10 Å². The lowest BCUT2D eigenvalue weighted by atomic mass is 10.3. The number of hydrogen-bond acceptors (Lipinski definition) is 5. The van der Waals surface area contributed by atoms with Crippen molar-refractivity contribution in [2.24, 2.45) is 0 Å². The van der Waals surface area contributed by atoms with Gasteiger partial charge in [0.05, 0.1) is 5.75 Å². The maximum atomic E-state index is 11.9.